The molecule has 4 heteroatoms. The Balaban J connectivity index is 1.87. The van der Waals surface area contributed by atoms with Gasteiger partial charge in [-0.1, -0.05) is 36.1 Å². The molecule has 0 aliphatic carbocycles. The molecule has 4 nitrogen and oxygen atoms in total. The van der Waals surface area contributed by atoms with Gasteiger partial charge in [0.1, 0.15) is 11.3 Å². The SMILES string of the molecule is Cc1nn(C)cc1C(=O)[NH2+]c1ccccc1-c1ccc(C#CC(C)(C)C)cc1. The molecule has 2 N–H and O–H groups in total. The molecule has 0 atom stereocenters. The van der Waals surface area contributed by atoms with Crippen LogP contribution in [0.2, 0.25) is 0 Å². The molecule has 0 saturated heterocycles. The molecule has 1 heterocycles. The topological polar surface area (TPSA) is 51.5 Å². The summed E-state index contributed by atoms with van der Waals surface area (Å²) in [5, 5.41) is 5.95. The molecule has 28 heavy (non-hydrogen) atoms. The molecule has 0 spiro atoms. The van der Waals surface area contributed by atoms with Crippen molar-refractivity contribution in [1.29, 1.82) is 0 Å². The molecule has 3 aromatic rings. The van der Waals surface area contributed by atoms with E-state index in [2.05, 4.69) is 49.8 Å². The lowest BCUT2D eigenvalue weighted by Crippen LogP contribution is -2.82. The van der Waals surface area contributed by atoms with Gasteiger partial charge in [-0.2, -0.15) is 5.10 Å². The summed E-state index contributed by atoms with van der Waals surface area (Å²) < 4.78 is 1.67. The van der Waals surface area contributed by atoms with Crippen LogP contribution in [0.4, 0.5) is 5.69 Å². The maximum Gasteiger partial charge on any atom is 0.351 e. The highest BCUT2D eigenvalue weighted by atomic mass is 16.1. The number of nitrogens with two attached hydrogens (primary N) is 1. The van der Waals surface area contributed by atoms with Crippen molar-refractivity contribution in [2.24, 2.45) is 12.5 Å². The second-order valence-electron chi connectivity index (χ2n) is 7.98. The first-order valence-electron chi connectivity index (χ1n) is 9.35. The molecule has 0 bridgehead atoms. The first-order valence-corrected chi connectivity index (χ1v) is 9.35. The number of para-hydroxylation sites is 1. The highest BCUT2D eigenvalue weighted by Gasteiger charge is 2.19. The van der Waals surface area contributed by atoms with Gasteiger partial charge in [-0.05, 0) is 51.5 Å². The van der Waals surface area contributed by atoms with Crippen molar-refractivity contribution in [3.05, 3.63) is 71.5 Å². The Hall–Kier alpha value is -3.16. The largest absolute Gasteiger partial charge is 0.351 e. The maximum atomic E-state index is 12.7. The van der Waals surface area contributed by atoms with Gasteiger partial charge in [0.25, 0.3) is 0 Å². The summed E-state index contributed by atoms with van der Waals surface area (Å²) in [5.41, 5.74) is 5.31. The average molecular weight is 372 g/mol. The fraction of sp³-hybridized carbons (Fsp3) is 0.250. The number of nitrogens with zero attached hydrogens (tertiary/aromatic N) is 2. The Kier molecular flexibility index (Phi) is 5.48. The van der Waals surface area contributed by atoms with Crippen molar-refractivity contribution in [1.82, 2.24) is 9.78 Å². The average Bonchev–Trinajstić information content (AvgIpc) is 2.99. The van der Waals surface area contributed by atoms with Crippen LogP contribution in [0.1, 0.15) is 42.4 Å². The number of aryl methyl sites for hydroxylation is 2. The van der Waals surface area contributed by atoms with Gasteiger partial charge < -0.3 is 0 Å². The Bertz CT molecular complexity index is 1060. The van der Waals surface area contributed by atoms with Crippen LogP contribution in [-0.2, 0) is 7.05 Å². The van der Waals surface area contributed by atoms with Gasteiger partial charge in [0.05, 0.1) is 5.69 Å². The number of benzene rings is 2. The van der Waals surface area contributed by atoms with Crippen LogP contribution in [0.3, 0.4) is 0 Å². The van der Waals surface area contributed by atoms with E-state index < -0.39 is 0 Å². The quantitative estimate of drug-likeness (QED) is 0.561. The van der Waals surface area contributed by atoms with Crippen molar-refractivity contribution < 1.29 is 10.1 Å². The smallest absolute Gasteiger partial charge is 0.275 e. The summed E-state index contributed by atoms with van der Waals surface area (Å²) in [5.74, 6) is 6.43. The number of quaternary nitrogens is 1. The van der Waals surface area contributed by atoms with E-state index in [0.29, 0.717) is 5.56 Å². The summed E-state index contributed by atoms with van der Waals surface area (Å²) in [4.78, 5) is 12.7. The second kappa shape index (κ2) is 7.84. The van der Waals surface area contributed by atoms with E-state index in [1.165, 1.54) is 0 Å². The fourth-order valence-corrected chi connectivity index (χ4v) is 2.94. The van der Waals surface area contributed by atoms with E-state index in [1.54, 1.807) is 16.2 Å². The lowest BCUT2D eigenvalue weighted by molar-refractivity contribution is -0.463. The third kappa shape index (κ3) is 4.76. The second-order valence-corrected chi connectivity index (χ2v) is 7.98. The monoisotopic (exact) mass is 372 g/mol. The third-order valence-corrected chi connectivity index (χ3v) is 4.30. The van der Waals surface area contributed by atoms with Gasteiger partial charge in [-0.25, -0.2) is 10.1 Å². The van der Waals surface area contributed by atoms with E-state index in [1.807, 2.05) is 50.4 Å². The zero-order chi connectivity index (χ0) is 20.3. The number of rotatable bonds is 3. The van der Waals surface area contributed by atoms with E-state index in [-0.39, 0.29) is 11.3 Å². The molecule has 1 aromatic heterocycles. The predicted octanol–water partition coefficient (Wildman–Crippen LogP) is 3.83. The van der Waals surface area contributed by atoms with E-state index in [0.717, 1.165) is 28.1 Å². The van der Waals surface area contributed by atoms with Crippen molar-refractivity contribution in [2.45, 2.75) is 27.7 Å². The zero-order valence-corrected chi connectivity index (χ0v) is 17.1. The lowest BCUT2D eigenvalue weighted by Gasteiger charge is -2.08. The first kappa shape index (κ1) is 19.6. The highest BCUT2D eigenvalue weighted by molar-refractivity contribution is 5.89. The number of amides is 1. The van der Waals surface area contributed by atoms with Gasteiger partial charge >= 0.3 is 5.91 Å². The van der Waals surface area contributed by atoms with E-state index >= 15 is 0 Å². The molecule has 142 valence electrons. The molecule has 0 fully saturated rings. The minimum atomic E-state index is -0.0364. The molecular weight excluding hydrogens is 346 g/mol. The van der Waals surface area contributed by atoms with Crippen molar-refractivity contribution in [3.8, 4) is 23.0 Å². The van der Waals surface area contributed by atoms with E-state index in [9.17, 15) is 4.79 Å². The van der Waals surface area contributed by atoms with Crippen LogP contribution in [0, 0.1) is 24.2 Å². The van der Waals surface area contributed by atoms with Crippen molar-refractivity contribution >= 4 is 11.6 Å². The number of carbonyl (C=O) groups is 1. The summed E-state index contributed by atoms with van der Waals surface area (Å²) >= 11 is 0. The van der Waals surface area contributed by atoms with Gasteiger partial charge in [0, 0.05) is 35.9 Å². The summed E-state index contributed by atoms with van der Waals surface area (Å²) in [7, 11) is 1.82. The molecule has 3 rings (SSSR count). The standard InChI is InChI=1S/C24H25N3O/c1-17-21(16-27(5)26-17)23(28)25-22-9-7-6-8-20(22)19-12-10-18(11-13-19)14-15-24(2,3)4/h6-13,16H,1-5H3,(H,25,28)/p+1. The van der Waals surface area contributed by atoms with Crippen LogP contribution in [0.25, 0.3) is 11.1 Å². The zero-order valence-electron chi connectivity index (χ0n) is 17.1. The van der Waals surface area contributed by atoms with E-state index in [4.69, 9.17) is 0 Å². The van der Waals surface area contributed by atoms with Crippen LogP contribution in [0.5, 0.6) is 0 Å². The molecule has 0 radical (unpaired) electrons. The van der Waals surface area contributed by atoms with Gasteiger partial charge in [-0.3, -0.25) is 4.68 Å². The normalized spacial score (nSPS) is 11.0. The Labute approximate surface area is 166 Å². The summed E-state index contributed by atoms with van der Waals surface area (Å²) in [6, 6.07) is 16.1. The lowest BCUT2D eigenvalue weighted by atomic mass is 9.97. The molecule has 1 amide bonds. The third-order valence-electron chi connectivity index (χ3n) is 4.30. The number of primary amides is 1. The minimum absolute atomic E-state index is 0.0228. The minimum Gasteiger partial charge on any atom is -0.275 e. The number of hydrogen-bond donors (Lipinski definition) is 1. The Morgan fingerprint density at radius 1 is 1.07 bits per heavy atom. The maximum absolute atomic E-state index is 12.7. The number of aromatic nitrogens is 2. The van der Waals surface area contributed by atoms with Crippen molar-refractivity contribution in [2.75, 3.05) is 0 Å². The molecule has 0 aliphatic heterocycles. The Morgan fingerprint density at radius 2 is 1.75 bits per heavy atom. The highest BCUT2D eigenvalue weighted by Crippen LogP contribution is 2.25. The van der Waals surface area contributed by atoms with Crippen molar-refractivity contribution in [3.63, 3.8) is 0 Å². The predicted molar refractivity (Wildman–Crippen MR) is 112 cm³/mol. The summed E-state index contributed by atoms with van der Waals surface area (Å²) in [6.45, 7) is 8.15. The molecule has 0 saturated carbocycles. The van der Waals surface area contributed by atoms with Gasteiger partial charge in [0.2, 0.25) is 0 Å². The number of hydrogen-bond acceptors (Lipinski definition) is 2. The van der Waals surface area contributed by atoms with Crippen LogP contribution >= 0.6 is 0 Å². The Morgan fingerprint density at radius 3 is 2.36 bits per heavy atom. The molecular formula is C24H26N3O+. The van der Waals surface area contributed by atoms with Gasteiger partial charge in [-0.15, -0.1) is 0 Å². The summed E-state index contributed by atoms with van der Waals surface area (Å²) in [6.07, 6.45) is 1.76. The number of carbonyl (C=O) groups excluding carboxylic acids is 1. The van der Waals surface area contributed by atoms with Crippen LogP contribution in [-0.4, -0.2) is 15.7 Å². The van der Waals surface area contributed by atoms with Crippen LogP contribution < -0.4 is 5.32 Å². The first-order chi connectivity index (χ1) is 13.2. The molecule has 0 unspecified atom stereocenters. The fourth-order valence-electron chi connectivity index (χ4n) is 2.94. The van der Waals surface area contributed by atoms with Crippen LogP contribution in [0.15, 0.2) is 54.7 Å². The molecule has 0 aliphatic rings. The molecule has 2 aromatic carbocycles. The van der Waals surface area contributed by atoms with Gasteiger partial charge in [0.15, 0.2) is 0 Å².